The van der Waals surface area contributed by atoms with Gasteiger partial charge in [0.1, 0.15) is 0 Å². The number of hydrogen-bond acceptors (Lipinski definition) is 1. The summed E-state index contributed by atoms with van der Waals surface area (Å²) in [6.45, 7) is 8.71. The van der Waals surface area contributed by atoms with Gasteiger partial charge in [-0.25, -0.2) is 0 Å². The summed E-state index contributed by atoms with van der Waals surface area (Å²) in [5, 5.41) is 4.00. The van der Waals surface area contributed by atoms with Crippen LogP contribution in [0.15, 0.2) is 41.9 Å². The molecule has 1 N–H and O–H groups in total. The zero-order valence-corrected chi connectivity index (χ0v) is 10.1. The van der Waals surface area contributed by atoms with E-state index in [4.69, 9.17) is 11.6 Å². The van der Waals surface area contributed by atoms with Crippen LogP contribution in [0.4, 0.5) is 0 Å². The van der Waals surface area contributed by atoms with E-state index in [1.54, 1.807) is 0 Å². The second kappa shape index (κ2) is 5.94. The Labute approximate surface area is 97.1 Å². The van der Waals surface area contributed by atoms with Gasteiger partial charge in [0.25, 0.3) is 0 Å². The highest BCUT2D eigenvalue weighted by atomic mass is 35.5. The van der Waals surface area contributed by atoms with Gasteiger partial charge in [0.05, 0.1) is 0 Å². The Kier molecular flexibility index (Phi) is 4.86. The Bertz CT molecular complexity index is 308. The van der Waals surface area contributed by atoms with Gasteiger partial charge in [-0.3, -0.25) is 0 Å². The smallest absolute Gasteiger partial charge is 0.0310 e. The average molecular weight is 224 g/mol. The predicted molar refractivity (Wildman–Crippen MR) is 67.3 cm³/mol. The predicted octanol–water partition coefficient (Wildman–Crippen LogP) is 3.52. The summed E-state index contributed by atoms with van der Waals surface area (Å²) in [5.74, 6) is 0.474. The highest BCUT2D eigenvalue weighted by molar-refractivity contribution is 6.29. The fourth-order valence-electron chi connectivity index (χ4n) is 1.49. The van der Waals surface area contributed by atoms with Gasteiger partial charge >= 0.3 is 0 Å². The monoisotopic (exact) mass is 223 g/mol. The summed E-state index contributed by atoms with van der Waals surface area (Å²) in [5.41, 5.74) is 1.35. The van der Waals surface area contributed by atoms with Crippen LogP contribution in [0, 0.1) is 0 Å². The van der Waals surface area contributed by atoms with Crippen molar-refractivity contribution in [2.45, 2.75) is 25.8 Å². The normalized spacial score (nSPS) is 14.6. The van der Waals surface area contributed by atoms with E-state index in [0.29, 0.717) is 23.5 Å². The maximum Gasteiger partial charge on any atom is 0.0310 e. The van der Waals surface area contributed by atoms with Crippen LogP contribution >= 0.6 is 11.6 Å². The summed E-state index contributed by atoms with van der Waals surface area (Å²) in [6, 6.07) is 10.9. The second-order valence-electron chi connectivity index (χ2n) is 3.89. The first-order chi connectivity index (χ1) is 7.11. The summed E-state index contributed by atoms with van der Waals surface area (Å²) >= 11 is 5.72. The molecule has 2 heteroatoms. The van der Waals surface area contributed by atoms with Gasteiger partial charge in [-0.15, -0.1) is 0 Å². The van der Waals surface area contributed by atoms with E-state index in [1.165, 1.54) is 5.56 Å². The van der Waals surface area contributed by atoms with Crippen molar-refractivity contribution < 1.29 is 0 Å². The molecule has 82 valence electrons. The van der Waals surface area contributed by atoms with Crippen molar-refractivity contribution in [3.63, 3.8) is 0 Å². The summed E-state index contributed by atoms with van der Waals surface area (Å²) in [7, 11) is 0. The zero-order valence-electron chi connectivity index (χ0n) is 9.33. The molecule has 1 rings (SSSR count). The van der Waals surface area contributed by atoms with E-state index < -0.39 is 0 Å². The molecule has 0 aliphatic heterocycles. The van der Waals surface area contributed by atoms with Crippen molar-refractivity contribution in [2.75, 3.05) is 6.54 Å². The standard InChI is InChI=1S/C13H18ClN/c1-10(14)9-15-12(3)11(2)13-7-5-4-6-8-13/h4-8,11-12,15H,1,9H2,2-3H3. The first kappa shape index (κ1) is 12.3. The molecular formula is C13H18ClN. The molecule has 0 spiro atoms. The Morgan fingerprint density at radius 2 is 1.93 bits per heavy atom. The third-order valence-electron chi connectivity index (χ3n) is 2.69. The first-order valence-corrected chi connectivity index (χ1v) is 5.60. The van der Waals surface area contributed by atoms with Gasteiger partial charge in [-0.2, -0.15) is 0 Å². The minimum absolute atomic E-state index is 0.392. The molecule has 1 aromatic carbocycles. The lowest BCUT2D eigenvalue weighted by Gasteiger charge is -2.21. The van der Waals surface area contributed by atoms with E-state index in [0.717, 1.165) is 0 Å². The van der Waals surface area contributed by atoms with Crippen LogP contribution in [0.2, 0.25) is 0 Å². The Morgan fingerprint density at radius 3 is 2.47 bits per heavy atom. The summed E-state index contributed by atoms with van der Waals surface area (Å²) < 4.78 is 0. The lowest BCUT2D eigenvalue weighted by Crippen LogP contribution is -2.31. The van der Waals surface area contributed by atoms with E-state index in [-0.39, 0.29) is 0 Å². The molecule has 15 heavy (non-hydrogen) atoms. The van der Waals surface area contributed by atoms with Crippen molar-refractivity contribution in [1.29, 1.82) is 0 Å². The second-order valence-corrected chi connectivity index (χ2v) is 4.42. The van der Waals surface area contributed by atoms with Gasteiger partial charge in [0.2, 0.25) is 0 Å². The Balaban J connectivity index is 2.53. The molecule has 0 saturated heterocycles. The molecule has 0 aliphatic rings. The molecule has 0 amide bonds. The summed E-state index contributed by atoms with van der Waals surface area (Å²) in [4.78, 5) is 0. The average Bonchev–Trinajstić information content (AvgIpc) is 2.26. The topological polar surface area (TPSA) is 12.0 Å². The molecule has 0 aliphatic carbocycles. The van der Waals surface area contributed by atoms with Crippen molar-refractivity contribution in [2.24, 2.45) is 0 Å². The highest BCUT2D eigenvalue weighted by Crippen LogP contribution is 2.18. The number of nitrogens with one attached hydrogen (secondary N) is 1. The molecule has 1 aromatic rings. The number of rotatable bonds is 5. The van der Waals surface area contributed by atoms with Crippen molar-refractivity contribution >= 4 is 11.6 Å². The molecule has 0 bridgehead atoms. The molecular weight excluding hydrogens is 206 g/mol. The highest BCUT2D eigenvalue weighted by Gasteiger charge is 2.12. The van der Waals surface area contributed by atoms with E-state index in [1.807, 2.05) is 6.07 Å². The molecule has 2 atom stereocenters. The van der Waals surface area contributed by atoms with Crippen LogP contribution in [0.5, 0.6) is 0 Å². The largest absolute Gasteiger partial charge is 0.309 e. The Morgan fingerprint density at radius 1 is 1.33 bits per heavy atom. The maximum atomic E-state index is 5.72. The van der Waals surface area contributed by atoms with Crippen LogP contribution in [0.3, 0.4) is 0 Å². The number of halogens is 1. The van der Waals surface area contributed by atoms with Crippen LogP contribution in [0.1, 0.15) is 25.3 Å². The summed E-state index contributed by atoms with van der Waals surface area (Å²) in [6.07, 6.45) is 0. The minimum atomic E-state index is 0.392. The lowest BCUT2D eigenvalue weighted by molar-refractivity contribution is 0.504. The van der Waals surface area contributed by atoms with Crippen molar-refractivity contribution in [1.82, 2.24) is 5.32 Å². The quantitative estimate of drug-likeness (QED) is 0.806. The molecule has 0 heterocycles. The lowest BCUT2D eigenvalue weighted by atomic mass is 9.94. The zero-order chi connectivity index (χ0) is 11.3. The molecule has 2 unspecified atom stereocenters. The van der Waals surface area contributed by atoms with Crippen LogP contribution in [-0.4, -0.2) is 12.6 Å². The van der Waals surface area contributed by atoms with Crippen LogP contribution < -0.4 is 5.32 Å². The van der Waals surface area contributed by atoms with Gasteiger partial charge in [-0.05, 0) is 18.4 Å². The van der Waals surface area contributed by atoms with Crippen LogP contribution in [-0.2, 0) is 0 Å². The third kappa shape index (κ3) is 4.06. The molecule has 0 saturated carbocycles. The van der Waals surface area contributed by atoms with Gasteiger partial charge < -0.3 is 5.32 Å². The van der Waals surface area contributed by atoms with E-state index in [2.05, 4.69) is 50.0 Å². The number of benzene rings is 1. The van der Waals surface area contributed by atoms with Crippen molar-refractivity contribution in [3.8, 4) is 0 Å². The fraction of sp³-hybridized carbons (Fsp3) is 0.385. The molecule has 0 aromatic heterocycles. The van der Waals surface area contributed by atoms with Crippen molar-refractivity contribution in [3.05, 3.63) is 47.5 Å². The fourth-order valence-corrected chi connectivity index (χ4v) is 1.57. The first-order valence-electron chi connectivity index (χ1n) is 5.23. The van der Waals surface area contributed by atoms with Crippen LogP contribution in [0.25, 0.3) is 0 Å². The van der Waals surface area contributed by atoms with Gasteiger partial charge in [0.15, 0.2) is 0 Å². The third-order valence-corrected chi connectivity index (χ3v) is 2.82. The minimum Gasteiger partial charge on any atom is -0.309 e. The number of hydrogen-bond donors (Lipinski definition) is 1. The molecule has 0 radical (unpaired) electrons. The maximum absolute atomic E-state index is 5.72. The molecule has 0 fully saturated rings. The molecule has 1 nitrogen and oxygen atoms in total. The Hall–Kier alpha value is -0.790. The van der Waals surface area contributed by atoms with E-state index in [9.17, 15) is 0 Å². The van der Waals surface area contributed by atoms with E-state index >= 15 is 0 Å². The van der Waals surface area contributed by atoms with Gasteiger partial charge in [0, 0.05) is 17.6 Å². The van der Waals surface area contributed by atoms with Gasteiger partial charge in [-0.1, -0.05) is 55.4 Å². The SMILES string of the molecule is C=C(Cl)CNC(C)C(C)c1ccccc1.